The van der Waals surface area contributed by atoms with E-state index in [0.717, 1.165) is 12.7 Å². The molecule has 1 aromatic carbocycles. The molecule has 5 nitrogen and oxygen atoms in total. The Balaban J connectivity index is 2.30. The van der Waals surface area contributed by atoms with Crippen LogP contribution in [-0.2, 0) is 14.8 Å². The second-order valence-electron chi connectivity index (χ2n) is 4.70. The molecule has 1 unspecified atom stereocenters. The molecule has 2 rings (SSSR count). The first-order chi connectivity index (χ1) is 9.48. The number of aldehydes is 1. The number of halogens is 1. The van der Waals surface area contributed by atoms with Crippen molar-refractivity contribution in [1.82, 2.24) is 4.31 Å². The van der Waals surface area contributed by atoms with Crippen LogP contribution < -0.4 is 4.74 Å². The molecule has 110 valence electrons. The lowest BCUT2D eigenvalue weighted by Crippen LogP contribution is -2.40. The maximum absolute atomic E-state index is 12.5. The third-order valence-electron chi connectivity index (χ3n) is 3.37. The van der Waals surface area contributed by atoms with E-state index in [1.54, 1.807) is 6.07 Å². The van der Waals surface area contributed by atoms with Gasteiger partial charge in [-0.1, -0.05) is 0 Å². The Labute approximate surface area is 127 Å². The summed E-state index contributed by atoms with van der Waals surface area (Å²) in [7, 11) is -2.04. The normalized spacial score (nSPS) is 20.6. The number of methoxy groups -OCH3 is 1. The highest BCUT2D eigenvalue weighted by Gasteiger charge is 2.30. The minimum atomic E-state index is -3.56. The molecule has 0 bridgehead atoms. The van der Waals surface area contributed by atoms with Gasteiger partial charge in [0.2, 0.25) is 10.0 Å². The predicted molar refractivity (Wildman–Crippen MR) is 78.2 cm³/mol. The summed E-state index contributed by atoms with van der Waals surface area (Å²) in [6.07, 6.45) is 2.30. The van der Waals surface area contributed by atoms with Crippen molar-refractivity contribution in [2.24, 2.45) is 5.92 Å². The van der Waals surface area contributed by atoms with Crippen LogP contribution in [0.5, 0.6) is 5.75 Å². The maximum Gasteiger partial charge on any atom is 0.243 e. The van der Waals surface area contributed by atoms with Crippen molar-refractivity contribution in [1.29, 1.82) is 0 Å². The van der Waals surface area contributed by atoms with Crippen molar-refractivity contribution in [3.63, 3.8) is 0 Å². The summed E-state index contributed by atoms with van der Waals surface area (Å²) in [4.78, 5) is 11.1. The number of ether oxygens (including phenoxy) is 1. The van der Waals surface area contributed by atoms with E-state index < -0.39 is 10.0 Å². The van der Waals surface area contributed by atoms with E-state index in [-0.39, 0.29) is 17.4 Å². The zero-order chi connectivity index (χ0) is 14.8. The lowest BCUT2D eigenvalue weighted by atomic mass is 10.0. The van der Waals surface area contributed by atoms with Crippen molar-refractivity contribution < 1.29 is 17.9 Å². The molecule has 0 amide bonds. The van der Waals surface area contributed by atoms with Crippen molar-refractivity contribution in [2.45, 2.75) is 17.7 Å². The number of carbonyl (C=O) groups excluding carboxylic acids is 1. The standard InChI is InChI=1S/C13H16BrNO4S/c1-19-13-5-4-11(7-12(13)14)20(17,18)15-6-2-3-10(8-15)9-16/h4-5,7,9-10H,2-3,6,8H2,1H3. The van der Waals surface area contributed by atoms with Gasteiger partial charge < -0.3 is 9.53 Å². The molecule has 0 aromatic heterocycles. The van der Waals surface area contributed by atoms with Crippen LogP contribution in [0, 0.1) is 5.92 Å². The second-order valence-corrected chi connectivity index (χ2v) is 7.49. The van der Waals surface area contributed by atoms with Gasteiger partial charge in [-0.3, -0.25) is 0 Å². The summed E-state index contributed by atoms with van der Waals surface area (Å²) in [5.41, 5.74) is 0. The molecule has 20 heavy (non-hydrogen) atoms. The summed E-state index contributed by atoms with van der Waals surface area (Å²) in [5.74, 6) is 0.369. The molecule has 0 aliphatic carbocycles. The minimum Gasteiger partial charge on any atom is -0.496 e. The van der Waals surface area contributed by atoms with E-state index >= 15 is 0 Å². The number of piperidine rings is 1. The number of nitrogens with zero attached hydrogens (tertiary/aromatic N) is 1. The fraction of sp³-hybridized carbons (Fsp3) is 0.462. The second kappa shape index (κ2) is 6.24. The summed E-state index contributed by atoms with van der Waals surface area (Å²) in [6.45, 7) is 0.714. The number of carbonyl (C=O) groups is 1. The summed E-state index contributed by atoms with van der Waals surface area (Å²) in [5, 5.41) is 0. The zero-order valence-corrected chi connectivity index (χ0v) is 13.5. The van der Waals surface area contributed by atoms with Gasteiger partial charge in [0, 0.05) is 19.0 Å². The number of rotatable bonds is 4. The van der Waals surface area contributed by atoms with Crippen LogP contribution in [0.2, 0.25) is 0 Å². The topological polar surface area (TPSA) is 63.7 Å². The molecule has 1 aliphatic rings. The molecule has 1 fully saturated rings. The van der Waals surface area contributed by atoms with Crippen LogP contribution in [0.3, 0.4) is 0 Å². The molecule has 1 atom stereocenters. The Morgan fingerprint density at radius 3 is 2.80 bits per heavy atom. The van der Waals surface area contributed by atoms with Crippen molar-refractivity contribution in [3.8, 4) is 5.75 Å². The van der Waals surface area contributed by atoms with Gasteiger partial charge in [0.15, 0.2) is 0 Å². The van der Waals surface area contributed by atoms with Crippen LogP contribution >= 0.6 is 15.9 Å². The molecule has 0 saturated carbocycles. The van der Waals surface area contributed by atoms with E-state index in [1.807, 2.05) is 0 Å². The molecule has 0 spiro atoms. The van der Waals surface area contributed by atoms with Gasteiger partial charge in [-0.25, -0.2) is 8.42 Å². The lowest BCUT2D eigenvalue weighted by molar-refractivity contribution is -0.112. The zero-order valence-electron chi connectivity index (χ0n) is 11.1. The highest BCUT2D eigenvalue weighted by atomic mass is 79.9. The monoisotopic (exact) mass is 361 g/mol. The quantitative estimate of drug-likeness (QED) is 0.770. The van der Waals surface area contributed by atoms with Crippen LogP contribution in [-0.4, -0.2) is 39.2 Å². The van der Waals surface area contributed by atoms with Crippen LogP contribution in [0.1, 0.15) is 12.8 Å². The van der Waals surface area contributed by atoms with Crippen LogP contribution in [0.25, 0.3) is 0 Å². The average molecular weight is 362 g/mol. The Kier molecular flexibility index (Phi) is 4.82. The summed E-state index contributed by atoms with van der Waals surface area (Å²) >= 11 is 3.29. The third-order valence-corrected chi connectivity index (χ3v) is 5.85. The Bertz CT molecular complexity index is 602. The summed E-state index contributed by atoms with van der Waals surface area (Å²) in [6, 6.07) is 4.65. The minimum absolute atomic E-state index is 0.205. The fourth-order valence-electron chi connectivity index (χ4n) is 2.26. The van der Waals surface area contributed by atoms with E-state index in [9.17, 15) is 13.2 Å². The van der Waals surface area contributed by atoms with Gasteiger partial charge in [0.1, 0.15) is 12.0 Å². The first-order valence-corrected chi connectivity index (χ1v) is 8.51. The molecule has 7 heteroatoms. The highest BCUT2D eigenvalue weighted by Crippen LogP contribution is 2.30. The lowest BCUT2D eigenvalue weighted by Gasteiger charge is -2.29. The molecular formula is C13H16BrNO4S. The van der Waals surface area contributed by atoms with E-state index in [4.69, 9.17) is 4.74 Å². The van der Waals surface area contributed by atoms with Gasteiger partial charge in [-0.15, -0.1) is 0 Å². The van der Waals surface area contributed by atoms with Gasteiger partial charge in [-0.05, 0) is 47.0 Å². The Morgan fingerprint density at radius 1 is 1.45 bits per heavy atom. The maximum atomic E-state index is 12.5. The largest absolute Gasteiger partial charge is 0.496 e. The molecule has 1 heterocycles. The molecule has 1 aliphatic heterocycles. The number of benzene rings is 1. The van der Waals surface area contributed by atoms with Crippen molar-refractivity contribution in [2.75, 3.05) is 20.2 Å². The van der Waals surface area contributed by atoms with E-state index in [1.165, 1.54) is 23.5 Å². The van der Waals surface area contributed by atoms with Gasteiger partial charge >= 0.3 is 0 Å². The molecule has 0 radical (unpaired) electrons. The first-order valence-electron chi connectivity index (χ1n) is 6.28. The Morgan fingerprint density at radius 2 is 2.20 bits per heavy atom. The van der Waals surface area contributed by atoms with E-state index in [0.29, 0.717) is 23.2 Å². The molecule has 1 saturated heterocycles. The predicted octanol–water partition coefficient (Wildman–Crippen LogP) is 2.06. The highest BCUT2D eigenvalue weighted by molar-refractivity contribution is 9.10. The van der Waals surface area contributed by atoms with Crippen LogP contribution in [0.4, 0.5) is 0 Å². The SMILES string of the molecule is COc1ccc(S(=O)(=O)N2CCCC(C=O)C2)cc1Br. The molecule has 1 aromatic rings. The van der Waals surface area contributed by atoms with Gasteiger partial charge in [-0.2, -0.15) is 4.31 Å². The number of hydrogen-bond acceptors (Lipinski definition) is 4. The van der Waals surface area contributed by atoms with Gasteiger partial charge in [0.05, 0.1) is 16.5 Å². The van der Waals surface area contributed by atoms with Crippen molar-refractivity contribution in [3.05, 3.63) is 22.7 Å². The Hall–Kier alpha value is -0.920. The van der Waals surface area contributed by atoms with Crippen molar-refractivity contribution >= 4 is 32.2 Å². The van der Waals surface area contributed by atoms with Crippen LogP contribution in [0.15, 0.2) is 27.6 Å². The number of hydrogen-bond donors (Lipinski definition) is 0. The molecular weight excluding hydrogens is 346 g/mol. The van der Waals surface area contributed by atoms with E-state index in [2.05, 4.69) is 15.9 Å². The molecule has 0 N–H and O–H groups in total. The third kappa shape index (κ3) is 3.05. The number of sulfonamides is 1. The van der Waals surface area contributed by atoms with Gasteiger partial charge in [0.25, 0.3) is 0 Å². The smallest absolute Gasteiger partial charge is 0.243 e. The average Bonchev–Trinajstić information content (AvgIpc) is 2.47. The summed E-state index contributed by atoms with van der Waals surface area (Å²) < 4.78 is 32.2. The first kappa shape index (κ1) is 15.5. The fourth-order valence-corrected chi connectivity index (χ4v) is 4.51.